The maximum atomic E-state index is 11.3. The number of carbonyl (C=O) groups is 1. The normalized spacial score (nSPS) is 25.4. The molecular weight excluding hydrogens is 180 g/mol. The molecule has 2 atom stereocenters. The van der Waals surface area contributed by atoms with Crippen molar-refractivity contribution in [3.63, 3.8) is 0 Å². The van der Waals surface area contributed by atoms with Gasteiger partial charge >= 0.3 is 5.97 Å². The van der Waals surface area contributed by atoms with E-state index in [1.807, 2.05) is 6.92 Å². The molecule has 1 heterocycles. The Labute approximate surface area is 85.8 Å². The van der Waals surface area contributed by atoms with E-state index in [0.717, 1.165) is 19.5 Å². The molecule has 0 saturated carbocycles. The van der Waals surface area contributed by atoms with E-state index in [1.54, 1.807) is 0 Å². The zero-order valence-electron chi connectivity index (χ0n) is 9.49. The summed E-state index contributed by atoms with van der Waals surface area (Å²) >= 11 is 0. The van der Waals surface area contributed by atoms with Crippen molar-refractivity contribution in [1.82, 2.24) is 9.80 Å². The Bertz CT molecular complexity index is 206. The average Bonchev–Trinajstić information content (AvgIpc) is 2.64. The summed E-state index contributed by atoms with van der Waals surface area (Å²) in [6.45, 7) is 3.85. The highest BCUT2D eigenvalue weighted by Gasteiger charge is 2.30. The van der Waals surface area contributed by atoms with Crippen molar-refractivity contribution in [1.29, 1.82) is 0 Å². The number of hydrogen-bond acceptors (Lipinski definition) is 4. The van der Waals surface area contributed by atoms with Gasteiger partial charge in [0.2, 0.25) is 0 Å². The zero-order valence-corrected chi connectivity index (χ0v) is 9.49. The van der Waals surface area contributed by atoms with E-state index in [0.29, 0.717) is 6.04 Å². The maximum Gasteiger partial charge on any atom is 0.322 e. The van der Waals surface area contributed by atoms with Gasteiger partial charge in [0, 0.05) is 19.1 Å². The fourth-order valence-corrected chi connectivity index (χ4v) is 1.86. The van der Waals surface area contributed by atoms with Crippen LogP contribution in [0.1, 0.15) is 13.3 Å². The molecule has 82 valence electrons. The van der Waals surface area contributed by atoms with Crippen molar-refractivity contribution in [3.05, 3.63) is 0 Å². The summed E-state index contributed by atoms with van der Waals surface area (Å²) in [7, 11) is 5.60. The number of esters is 1. The Balaban J connectivity index is 2.45. The maximum absolute atomic E-state index is 11.3. The van der Waals surface area contributed by atoms with Gasteiger partial charge in [-0.15, -0.1) is 0 Å². The van der Waals surface area contributed by atoms with Gasteiger partial charge in [0.1, 0.15) is 6.04 Å². The lowest BCUT2D eigenvalue weighted by Gasteiger charge is -2.23. The minimum absolute atomic E-state index is 0.107. The van der Waals surface area contributed by atoms with Crippen LogP contribution in [0.5, 0.6) is 0 Å². The van der Waals surface area contributed by atoms with Gasteiger partial charge in [-0.3, -0.25) is 9.69 Å². The predicted octanol–water partition coefficient (Wildman–Crippen LogP) is 0.184. The third-order valence-corrected chi connectivity index (χ3v) is 3.02. The van der Waals surface area contributed by atoms with E-state index in [2.05, 4.69) is 23.9 Å². The molecule has 1 aliphatic rings. The fourth-order valence-electron chi connectivity index (χ4n) is 1.86. The van der Waals surface area contributed by atoms with Crippen LogP contribution in [0.2, 0.25) is 0 Å². The van der Waals surface area contributed by atoms with Crippen LogP contribution in [0.15, 0.2) is 0 Å². The third-order valence-electron chi connectivity index (χ3n) is 3.02. The molecule has 1 saturated heterocycles. The van der Waals surface area contributed by atoms with Gasteiger partial charge in [-0.25, -0.2) is 0 Å². The summed E-state index contributed by atoms with van der Waals surface area (Å²) in [4.78, 5) is 15.7. The first kappa shape index (κ1) is 11.5. The number of likely N-dealkylation sites (N-methyl/N-ethyl adjacent to an activating group) is 1. The summed E-state index contributed by atoms with van der Waals surface area (Å²) in [5.74, 6) is -0.135. The first-order valence-electron chi connectivity index (χ1n) is 5.04. The minimum Gasteiger partial charge on any atom is -0.468 e. The van der Waals surface area contributed by atoms with Crippen LogP contribution >= 0.6 is 0 Å². The summed E-state index contributed by atoms with van der Waals surface area (Å²) < 4.78 is 4.73. The zero-order chi connectivity index (χ0) is 10.7. The van der Waals surface area contributed by atoms with E-state index in [9.17, 15) is 4.79 Å². The molecule has 0 radical (unpaired) electrons. The van der Waals surface area contributed by atoms with Crippen molar-refractivity contribution < 1.29 is 9.53 Å². The largest absolute Gasteiger partial charge is 0.468 e. The highest BCUT2D eigenvalue weighted by atomic mass is 16.5. The molecule has 1 aliphatic heterocycles. The fraction of sp³-hybridized carbons (Fsp3) is 0.900. The summed E-state index contributed by atoms with van der Waals surface area (Å²) in [6.07, 6.45) is 1.13. The van der Waals surface area contributed by atoms with Crippen LogP contribution in [-0.2, 0) is 9.53 Å². The lowest BCUT2D eigenvalue weighted by Crippen LogP contribution is -2.40. The quantitative estimate of drug-likeness (QED) is 0.609. The smallest absolute Gasteiger partial charge is 0.322 e. The molecule has 1 rings (SSSR count). The highest BCUT2D eigenvalue weighted by Crippen LogP contribution is 2.16. The summed E-state index contributed by atoms with van der Waals surface area (Å²) in [5.41, 5.74) is 0. The lowest BCUT2D eigenvalue weighted by atomic mass is 10.2. The molecule has 0 N–H and O–H groups in total. The average molecular weight is 200 g/mol. The van der Waals surface area contributed by atoms with Crippen molar-refractivity contribution in [2.24, 2.45) is 0 Å². The summed E-state index contributed by atoms with van der Waals surface area (Å²) in [5, 5.41) is 0. The number of hydrogen-bond donors (Lipinski definition) is 0. The number of ether oxygens (including phenoxy) is 1. The molecule has 0 bridgehead atoms. The lowest BCUT2D eigenvalue weighted by molar-refractivity contribution is -0.145. The molecule has 0 aromatic carbocycles. The second-order valence-electron chi connectivity index (χ2n) is 4.10. The molecule has 4 heteroatoms. The molecule has 0 aromatic heterocycles. The minimum atomic E-state index is -0.135. The van der Waals surface area contributed by atoms with E-state index in [4.69, 9.17) is 4.74 Å². The second-order valence-corrected chi connectivity index (χ2v) is 4.10. The molecule has 14 heavy (non-hydrogen) atoms. The molecule has 0 aromatic rings. The predicted molar refractivity (Wildman–Crippen MR) is 55.1 cm³/mol. The standard InChI is InChI=1S/C10H20N2O2/c1-8(10(13)14-4)12-6-5-9(7-12)11(2)3/h8-9H,5-7H2,1-4H3. The van der Waals surface area contributed by atoms with Gasteiger partial charge in [-0.05, 0) is 27.4 Å². The van der Waals surface area contributed by atoms with E-state index >= 15 is 0 Å². The van der Waals surface area contributed by atoms with E-state index < -0.39 is 0 Å². The van der Waals surface area contributed by atoms with E-state index in [-0.39, 0.29) is 12.0 Å². The number of likely N-dealkylation sites (tertiary alicyclic amines) is 1. The first-order chi connectivity index (χ1) is 6.56. The van der Waals surface area contributed by atoms with Gasteiger partial charge in [-0.1, -0.05) is 0 Å². The van der Waals surface area contributed by atoms with Gasteiger partial charge < -0.3 is 9.64 Å². The van der Waals surface area contributed by atoms with Crippen LogP contribution in [0.25, 0.3) is 0 Å². The Morgan fingerprint density at radius 1 is 1.57 bits per heavy atom. The van der Waals surface area contributed by atoms with Crippen molar-refractivity contribution >= 4 is 5.97 Å². The monoisotopic (exact) mass is 200 g/mol. The molecule has 0 spiro atoms. The van der Waals surface area contributed by atoms with Crippen molar-refractivity contribution in [3.8, 4) is 0 Å². The topological polar surface area (TPSA) is 32.8 Å². The first-order valence-corrected chi connectivity index (χ1v) is 5.04. The van der Waals surface area contributed by atoms with Gasteiger partial charge in [-0.2, -0.15) is 0 Å². The van der Waals surface area contributed by atoms with Crippen molar-refractivity contribution in [2.75, 3.05) is 34.3 Å². The van der Waals surface area contributed by atoms with Crippen molar-refractivity contribution in [2.45, 2.75) is 25.4 Å². The van der Waals surface area contributed by atoms with Crippen LogP contribution in [0.3, 0.4) is 0 Å². The van der Waals surface area contributed by atoms with Crippen LogP contribution in [-0.4, -0.2) is 62.1 Å². The second kappa shape index (κ2) is 4.75. The molecule has 1 fully saturated rings. The molecule has 2 unspecified atom stereocenters. The van der Waals surface area contributed by atoms with Gasteiger partial charge in [0.15, 0.2) is 0 Å². The summed E-state index contributed by atoms with van der Waals surface area (Å²) in [6, 6.07) is 0.465. The molecule has 0 aliphatic carbocycles. The number of methoxy groups -OCH3 is 1. The number of nitrogens with zero attached hydrogens (tertiary/aromatic N) is 2. The Kier molecular flexibility index (Phi) is 3.89. The van der Waals surface area contributed by atoms with Crippen LogP contribution in [0, 0.1) is 0 Å². The molecule has 4 nitrogen and oxygen atoms in total. The Hall–Kier alpha value is -0.610. The third kappa shape index (κ3) is 2.45. The van der Waals surface area contributed by atoms with Crippen LogP contribution in [0.4, 0.5) is 0 Å². The van der Waals surface area contributed by atoms with Crippen LogP contribution < -0.4 is 0 Å². The molecular formula is C10H20N2O2. The highest BCUT2D eigenvalue weighted by molar-refractivity contribution is 5.75. The Morgan fingerprint density at radius 2 is 2.21 bits per heavy atom. The van der Waals surface area contributed by atoms with Gasteiger partial charge in [0.25, 0.3) is 0 Å². The van der Waals surface area contributed by atoms with Gasteiger partial charge in [0.05, 0.1) is 7.11 Å². The number of rotatable bonds is 3. The number of carbonyl (C=O) groups excluding carboxylic acids is 1. The Morgan fingerprint density at radius 3 is 2.64 bits per heavy atom. The van der Waals surface area contributed by atoms with E-state index in [1.165, 1.54) is 7.11 Å². The molecule has 0 amide bonds. The SMILES string of the molecule is COC(=O)C(C)N1CCC(N(C)C)C1.